The molecule has 0 unspecified atom stereocenters. The molecule has 0 saturated heterocycles. The highest BCUT2D eigenvalue weighted by Gasteiger charge is 1.99. The van der Waals surface area contributed by atoms with Crippen LogP contribution < -0.4 is 0 Å². The molecule has 1 aromatic heterocycles. The monoisotopic (exact) mass is 278 g/mol. The summed E-state index contributed by atoms with van der Waals surface area (Å²) < 4.78 is 1.80. The van der Waals surface area contributed by atoms with Gasteiger partial charge >= 0.3 is 0 Å². The Morgan fingerprint density at radius 3 is 2.25 bits per heavy atom. The summed E-state index contributed by atoms with van der Waals surface area (Å²) in [6.07, 6.45) is 0. The number of thiophene rings is 1. The zero-order valence-electron chi connectivity index (χ0n) is 3.62. The van der Waals surface area contributed by atoms with E-state index in [1.807, 2.05) is 0 Å². The van der Waals surface area contributed by atoms with Crippen LogP contribution in [0, 0.1) is 2.88 Å². The SMILES string of the molecule is Clc1cc(Cl)c(I)s1. The van der Waals surface area contributed by atoms with Crippen molar-refractivity contribution < 1.29 is 0 Å². The van der Waals surface area contributed by atoms with E-state index in [2.05, 4.69) is 22.6 Å². The average Bonchev–Trinajstić information content (AvgIpc) is 1.85. The topological polar surface area (TPSA) is 0 Å². The molecule has 0 fully saturated rings. The molecule has 1 aromatic rings. The van der Waals surface area contributed by atoms with Crippen LogP contribution in [0.2, 0.25) is 9.36 Å². The van der Waals surface area contributed by atoms with Gasteiger partial charge in [0.05, 0.1) is 12.2 Å². The minimum absolute atomic E-state index is 0.749. The summed E-state index contributed by atoms with van der Waals surface area (Å²) in [6, 6.07) is 1.75. The van der Waals surface area contributed by atoms with Gasteiger partial charge in [-0.2, -0.15) is 0 Å². The molecule has 0 N–H and O–H groups in total. The van der Waals surface area contributed by atoms with Crippen LogP contribution in [0.25, 0.3) is 0 Å². The van der Waals surface area contributed by atoms with Crippen LogP contribution in [0.4, 0.5) is 0 Å². The van der Waals surface area contributed by atoms with Crippen LogP contribution >= 0.6 is 57.1 Å². The van der Waals surface area contributed by atoms with Gasteiger partial charge in [-0.3, -0.25) is 0 Å². The fourth-order valence-corrected chi connectivity index (χ4v) is 2.77. The molecule has 1 heterocycles. The van der Waals surface area contributed by atoms with E-state index in [1.54, 1.807) is 6.07 Å². The van der Waals surface area contributed by atoms with Crippen molar-refractivity contribution >= 4 is 57.1 Å². The molecule has 0 aromatic carbocycles. The molecule has 44 valence electrons. The van der Waals surface area contributed by atoms with Gasteiger partial charge in [-0.05, 0) is 28.7 Å². The molecular formula is C4HCl2IS. The Labute approximate surface area is 74.9 Å². The highest BCUT2D eigenvalue weighted by Crippen LogP contribution is 2.31. The first-order valence-corrected chi connectivity index (χ1v) is 4.45. The van der Waals surface area contributed by atoms with E-state index in [0.717, 1.165) is 12.2 Å². The summed E-state index contributed by atoms with van der Waals surface area (Å²) in [7, 11) is 0. The zero-order chi connectivity index (χ0) is 6.15. The minimum atomic E-state index is 0.749. The van der Waals surface area contributed by atoms with E-state index in [-0.39, 0.29) is 0 Å². The van der Waals surface area contributed by atoms with Crippen molar-refractivity contribution in [1.82, 2.24) is 0 Å². The molecule has 0 aliphatic carbocycles. The van der Waals surface area contributed by atoms with Gasteiger partial charge in [0, 0.05) is 0 Å². The number of hydrogen-bond acceptors (Lipinski definition) is 1. The smallest absolute Gasteiger partial charge is 0.0954 e. The first kappa shape index (κ1) is 7.12. The summed E-state index contributed by atoms with van der Waals surface area (Å²) in [4.78, 5) is 0. The molecule has 0 nitrogen and oxygen atoms in total. The molecule has 0 bridgehead atoms. The lowest BCUT2D eigenvalue weighted by Gasteiger charge is -1.74. The predicted octanol–water partition coefficient (Wildman–Crippen LogP) is 3.66. The third-order valence-corrected chi connectivity index (χ3v) is 3.64. The maximum Gasteiger partial charge on any atom is 0.0954 e. The minimum Gasteiger partial charge on any atom is -0.116 e. The van der Waals surface area contributed by atoms with Gasteiger partial charge in [-0.15, -0.1) is 11.3 Å². The van der Waals surface area contributed by atoms with Gasteiger partial charge in [0.2, 0.25) is 0 Å². The van der Waals surface area contributed by atoms with Crippen LogP contribution in [0.5, 0.6) is 0 Å². The van der Waals surface area contributed by atoms with Crippen LogP contribution in [0.15, 0.2) is 6.07 Å². The molecule has 1 rings (SSSR count). The highest BCUT2D eigenvalue weighted by molar-refractivity contribution is 14.1. The molecule has 0 amide bonds. The first-order valence-electron chi connectivity index (χ1n) is 1.80. The van der Waals surface area contributed by atoms with Crippen LogP contribution in [-0.4, -0.2) is 0 Å². The Morgan fingerprint density at radius 2 is 2.12 bits per heavy atom. The van der Waals surface area contributed by atoms with E-state index < -0.39 is 0 Å². The molecule has 8 heavy (non-hydrogen) atoms. The standard InChI is InChI=1S/C4HCl2IS/c5-2-1-3(6)8-4(2)7/h1H. The van der Waals surface area contributed by atoms with Crippen LogP contribution in [-0.2, 0) is 0 Å². The van der Waals surface area contributed by atoms with Gasteiger partial charge in [0.15, 0.2) is 0 Å². The molecule has 0 aliphatic heterocycles. The lowest BCUT2D eigenvalue weighted by molar-refractivity contribution is 1.95. The number of halogens is 3. The second-order valence-electron chi connectivity index (χ2n) is 1.17. The molecule has 4 heteroatoms. The predicted molar refractivity (Wildman–Crippen MR) is 47.1 cm³/mol. The van der Waals surface area contributed by atoms with Crippen molar-refractivity contribution in [3.8, 4) is 0 Å². The lowest BCUT2D eigenvalue weighted by Crippen LogP contribution is -1.50. The van der Waals surface area contributed by atoms with Crippen molar-refractivity contribution in [1.29, 1.82) is 0 Å². The molecule has 0 radical (unpaired) electrons. The molecule has 0 saturated carbocycles. The molecule has 0 spiro atoms. The average molecular weight is 279 g/mol. The quantitative estimate of drug-likeness (QED) is 0.636. The molecule has 0 atom stereocenters. The van der Waals surface area contributed by atoms with Crippen molar-refractivity contribution in [3.63, 3.8) is 0 Å². The third-order valence-electron chi connectivity index (χ3n) is 0.615. The van der Waals surface area contributed by atoms with Crippen molar-refractivity contribution in [2.45, 2.75) is 0 Å². The van der Waals surface area contributed by atoms with Crippen LogP contribution in [0.1, 0.15) is 0 Å². The summed E-state index contributed by atoms with van der Waals surface area (Å²) >= 11 is 14.9. The number of hydrogen-bond donors (Lipinski definition) is 0. The van der Waals surface area contributed by atoms with Crippen molar-refractivity contribution in [3.05, 3.63) is 18.3 Å². The Kier molecular flexibility index (Phi) is 2.43. The van der Waals surface area contributed by atoms with Gasteiger partial charge in [0.25, 0.3) is 0 Å². The van der Waals surface area contributed by atoms with E-state index >= 15 is 0 Å². The van der Waals surface area contributed by atoms with Crippen LogP contribution in [0.3, 0.4) is 0 Å². The number of rotatable bonds is 0. The summed E-state index contributed by atoms with van der Waals surface area (Å²) in [5, 5.41) is 0.751. The zero-order valence-corrected chi connectivity index (χ0v) is 8.11. The lowest BCUT2D eigenvalue weighted by atomic mass is 10.7. The van der Waals surface area contributed by atoms with Gasteiger partial charge in [0.1, 0.15) is 0 Å². The first-order chi connectivity index (χ1) is 3.70. The van der Waals surface area contributed by atoms with Gasteiger partial charge in [-0.25, -0.2) is 0 Å². The Hall–Kier alpha value is 1.01. The normalized spacial score (nSPS) is 9.88. The molecule has 0 aliphatic rings. The highest BCUT2D eigenvalue weighted by atomic mass is 127. The van der Waals surface area contributed by atoms with Crippen molar-refractivity contribution in [2.75, 3.05) is 0 Å². The largest absolute Gasteiger partial charge is 0.116 e. The van der Waals surface area contributed by atoms with E-state index in [0.29, 0.717) is 0 Å². The van der Waals surface area contributed by atoms with Crippen molar-refractivity contribution in [2.24, 2.45) is 0 Å². The second kappa shape index (κ2) is 2.73. The second-order valence-corrected chi connectivity index (χ2v) is 5.07. The maximum atomic E-state index is 5.65. The Morgan fingerprint density at radius 1 is 1.50 bits per heavy atom. The fraction of sp³-hybridized carbons (Fsp3) is 0. The van der Waals surface area contributed by atoms with E-state index in [4.69, 9.17) is 23.2 Å². The van der Waals surface area contributed by atoms with Gasteiger partial charge < -0.3 is 0 Å². The summed E-state index contributed by atoms with van der Waals surface area (Å²) in [5.41, 5.74) is 0. The maximum absolute atomic E-state index is 5.65. The summed E-state index contributed by atoms with van der Waals surface area (Å²) in [5.74, 6) is 0. The van der Waals surface area contributed by atoms with E-state index in [1.165, 1.54) is 11.3 Å². The Bertz CT molecular complexity index is 176. The third kappa shape index (κ3) is 1.50. The van der Waals surface area contributed by atoms with Gasteiger partial charge in [-0.1, -0.05) is 23.2 Å². The Balaban J connectivity index is 3.14. The van der Waals surface area contributed by atoms with E-state index in [9.17, 15) is 0 Å². The fourth-order valence-electron chi connectivity index (χ4n) is 0.320. The summed E-state index contributed by atoms with van der Waals surface area (Å²) in [6.45, 7) is 0. The molecular weight excluding hydrogens is 278 g/mol.